The second kappa shape index (κ2) is 5.80. The molecule has 0 saturated carbocycles. The second-order valence-electron chi connectivity index (χ2n) is 6.43. The van der Waals surface area contributed by atoms with Gasteiger partial charge in [0.1, 0.15) is 5.82 Å². The minimum atomic E-state index is 0.263. The van der Waals surface area contributed by atoms with Gasteiger partial charge >= 0.3 is 0 Å². The summed E-state index contributed by atoms with van der Waals surface area (Å²) in [5.41, 5.74) is 3.84. The van der Waals surface area contributed by atoms with E-state index in [1.807, 2.05) is 11.8 Å². The molecule has 1 N–H and O–H groups in total. The summed E-state index contributed by atoms with van der Waals surface area (Å²) in [6, 6.07) is 0. The maximum atomic E-state index is 4.82. The Morgan fingerprint density at radius 2 is 2.00 bits per heavy atom. The molecule has 0 aromatic carbocycles. The van der Waals surface area contributed by atoms with Gasteiger partial charge in [0, 0.05) is 29.8 Å². The molecule has 0 aliphatic carbocycles. The van der Waals surface area contributed by atoms with Crippen molar-refractivity contribution in [3.63, 3.8) is 0 Å². The standard InChI is InChI=1S/C15H25N3S/c1-10(2)14-11-8-16-7-6-12(11)17-13(18-14)9-19-15(3,4)5/h10,16H,6-9H2,1-5H3. The number of fused-ring (bicyclic) bond motifs is 1. The first kappa shape index (κ1) is 14.8. The van der Waals surface area contributed by atoms with Crippen molar-refractivity contribution < 1.29 is 0 Å². The van der Waals surface area contributed by atoms with Gasteiger partial charge in [-0.1, -0.05) is 34.6 Å². The average molecular weight is 279 g/mol. The fourth-order valence-electron chi connectivity index (χ4n) is 2.25. The van der Waals surface area contributed by atoms with E-state index in [0.717, 1.165) is 31.1 Å². The van der Waals surface area contributed by atoms with Crippen molar-refractivity contribution in [2.24, 2.45) is 0 Å². The molecule has 0 atom stereocenters. The molecular weight excluding hydrogens is 254 g/mol. The number of aromatic nitrogens is 2. The Balaban J connectivity index is 2.28. The predicted octanol–water partition coefficient (Wildman–Crippen LogP) is 3.28. The SMILES string of the molecule is CC(C)c1nc(CSC(C)(C)C)nc2c1CNCC2. The molecule has 1 aromatic heterocycles. The molecule has 2 heterocycles. The van der Waals surface area contributed by atoms with Gasteiger partial charge in [-0.3, -0.25) is 0 Å². The van der Waals surface area contributed by atoms with E-state index in [4.69, 9.17) is 9.97 Å². The number of hydrogen-bond donors (Lipinski definition) is 1. The summed E-state index contributed by atoms with van der Waals surface area (Å²) in [6.45, 7) is 13.1. The lowest BCUT2D eigenvalue weighted by Crippen LogP contribution is -2.27. The number of nitrogens with one attached hydrogen (secondary N) is 1. The monoisotopic (exact) mass is 279 g/mol. The van der Waals surface area contributed by atoms with E-state index < -0.39 is 0 Å². The van der Waals surface area contributed by atoms with Crippen LogP contribution in [-0.4, -0.2) is 21.3 Å². The van der Waals surface area contributed by atoms with Crippen LogP contribution in [-0.2, 0) is 18.7 Å². The molecule has 0 fully saturated rings. The van der Waals surface area contributed by atoms with E-state index in [1.54, 1.807) is 0 Å². The average Bonchev–Trinajstić information content (AvgIpc) is 2.34. The van der Waals surface area contributed by atoms with Crippen molar-refractivity contribution >= 4 is 11.8 Å². The summed E-state index contributed by atoms with van der Waals surface area (Å²) in [4.78, 5) is 9.60. The first-order valence-electron chi connectivity index (χ1n) is 7.10. The molecule has 0 amide bonds. The smallest absolute Gasteiger partial charge is 0.138 e. The van der Waals surface area contributed by atoms with Crippen LogP contribution in [0.2, 0.25) is 0 Å². The molecular formula is C15H25N3S. The summed E-state index contributed by atoms with van der Waals surface area (Å²) >= 11 is 1.92. The zero-order valence-electron chi connectivity index (χ0n) is 12.7. The van der Waals surface area contributed by atoms with Gasteiger partial charge in [0.05, 0.1) is 17.1 Å². The zero-order valence-corrected chi connectivity index (χ0v) is 13.5. The Morgan fingerprint density at radius 3 is 2.63 bits per heavy atom. The van der Waals surface area contributed by atoms with Crippen molar-refractivity contribution in [2.75, 3.05) is 6.54 Å². The van der Waals surface area contributed by atoms with Gasteiger partial charge in [-0.15, -0.1) is 11.8 Å². The Bertz CT molecular complexity index is 449. The lowest BCUT2D eigenvalue weighted by atomic mass is 9.98. The topological polar surface area (TPSA) is 37.8 Å². The van der Waals surface area contributed by atoms with E-state index in [-0.39, 0.29) is 4.75 Å². The third-order valence-electron chi connectivity index (χ3n) is 3.19. The fraction of sp³-hybridized carbons (Fsp3) is 0.733. The molecule has 0 saturated heterocycles. The molecule has 1 aromatic rings. The lowest BCUT2D eigenvalue weighted by molar-refractivity contribution is 0.603. The largest absolute Gasteiger partial charge is 0.312 e. The van der Waals surface area contributed by atoms with E-state index >= 15 is 0 Å². The normalized spacial score (nSPS) is 15.7. The first-order valence-corrected chi connectivity index (χ1v) is 8.08. The first-order chi connectivity index (χ1) is 8.87. The minimum Gasteiger partial charge on any atom is -0.312 e. The molecule has 3 nitrogen and oxygen atoms in total. The Hall–Kier alpha value is -0.610. The molecule has 0 unspecified atom stereocenters. The third kappa shape index (κ3) is 3.93. The van der Waals surface area contributed by atoms with Crippen LogP contribution in [0.5, 0.6) is 0 Å². The summed E-state index contributed by atoms with van der Waals surface area (Å²) in [5.74, 6) is 2.38. The van der Waals surface area contributed by atoms with Crippen molar-refractivity contribution in [1.29, 1.82) is 0 Å². The van der Waals surface area contributed by atoms with Crippen LogP contribution in [0, 0.1) is 0 Å². The Kier molecular flexibility index (Phi) is 4.51. The van der Waals surface area contributed by atoms with E-state index in [9.17, 15) is 0 Å². The van der Waals surface area contributed by atoms with E-state index in [2.05, 4.69) is 39.9 Å². The highest BCUT2D eigenvalue weighted by Gasteiger charge is 2.20. The molecule has 1 aliphatic rings. The maximum Gasteiger partial charge on any atom is 0.138 e. The minimum absolute atomic E-state index is 0.263. The predicted molar refractivity (Wildman–Crippen MR) is 82.6 cm³/mol. The number of rotatable bonds is 3. The second-order valence-corrected chi connectivity index (χ2v) is 8.23. The van der Waals surface area contributed by atoms with Crippen LogP contribution in [0.3, 0.4) is 0 Å². The Morgan fingerprint density at radius 1 is 1.26 bits per heavy atom. The molecule has 0 radical (unpaired) electrons. The number of hydrogen-bond acceptors (Lipinski definition) is 4. The summed E-state index contributed by atoms with van der Waals surface area (Å²) in [5, 5.41) is 3.43. The van der Waals surface area contributed by atoms with Crippen LogP contribution in [0.4, 0.5) is 0 Å². The van der Waals surface area contributed by atoms with E-state index in [0.29, 0.717) is 5.92 Å². The molecule has 106 valence electrons. The Labute approximate surface area is 121 Å². The highest BCUT2D eigenvalue weighted by atomic mass is 32.2. The highest BCUT2D eigenvalue weighted by molar-refractivity contribution is 7.99. The molecule has 4 heteroatoms. The maximum absolute atomic E-state index is 4.82. The van der Waals surface area contributed by atoms with Gasteiger partial charge in [0.25, 0.3) is 0 Å². The molecule has 1 aliphatic heterocycles. The van der Waals surface area contributed by atoms with Crippen LogP contribution in [0.15, 0.2) is 0 Å². The number of thioether (sulfide) groups is 1. The molecule has 19 heavy (non-hydrogen) atoms. The van der Waals surface area contributed by atoms with E-state index in [1.165, 1.54) is 17.0 Å². The van der Waals surface area contributed by atoms with Crippen molar-refractivity contribution in [1.82, 2.24) is 15.3 Å². The van der Waals surface area contributed by atoms with Crippen molar-refractivity contribution in [2.45, 2.75) is 64.0 Å². The van der Waals surface area contributed by atoms with Gasteiger partial charge < -0.3 is 5.32 Å². The van der Waals surface area contributed by atoms with Crippen LogP contribution < -0.4 is 5.32 Å². The highest BCUT2D eigenvalue weighted by Crippen LogP contribution is 2.28. The van der Waals surface area contributed by atoms with Crippen LogP contribution in [0.1, 0.15) is 63.3 Å². The van der Waals surface area contributed by atoms with Crippen LogP contribution in [0.25, 0.3) is 0 Å². The molecule has 0 bridgehead atoms. The number of nitrogens with zero attached hydrogens (tertiary/aromatic N) is 2. The van der Waals surface area contributed by atoms with Gasteiger partial charge in [0.15, 0.2) is 0 Å². The van der Waals surface area contributed by atoms with Crippen molar-refractivity contribution in [3.8, 4) is 0 Å². The summed E-state index contributed by atoms with van der Waals surface area (Å²) in [6.07, 6.45) is 1.03. The molecule has 2 rings (SSSR count). The lowest BCUT2D eigenvalue weighted by Gasteiger charge is -2.23. The van der Waals surface area contributed by atoms with Gasteiger partial charge in [-0.25, -0.2) is 9.97 Å². The molecule has 0 spiro atoms. The van der Waals surface area contributed by atoms with Gasteiger partial charge in [-0.2, -0.15) is 0 Å². The van der Waals surface area contributed by atoms with Gasteiger partial charge in [-0.05, 0) is 5.92 Å². The van der Waals surface area contributed by atoms with Crippen LogP contribution >= 0.6 is 11.8 Å². The zero-order chi connectivity index (χ0) is 14.0. The van der Waals surface area contributed by atoms with Gasteiger partial charge in [0.2, 0.25) is 0 Å². The van der Waals surface area contributed by atoms with Crippen molar-refractivity contribution in [3.05, 3.63) is 22.8 Å². The third-order valence-corrected chi connectivity index (χ3v) is 4.46. The quantitative estimate of drug-likeness (QED) is 0.921. The summed E-state index contributed by atoms with van der Waals surface area (Å²) < 4.78 is 0.263. The fourth-order valence-corrected chi connectivity index (χ4v) is 2.94. The summed E-state index contributed by atoms with van der Waals surface area (Å²) in [7, 11) is 0.